The first-order valence-corrected chi connectivity index (χ1v) is 5.96. The molecule has 2 aromatic rings. The van der Waals surface area contributed by atoms with Crippen LogP contribution in [0.3, 0.4) is 0 Å². The number of carbonyl (C=O) groups excluding carboxylic acids is 1. The molecule has 1 aromatic heterocycles. The number of hydrogen-bond acceptors (Lipinski definition) is 4. The third-order valence-corrected chi connectivity index (χ3v) is 3.10. The third kappa shape index (κ3) is 2.07. The monoisotopic (exact) mass is 235 g/mol. The average molecular weight is 235 g/mol. The van der Waals surface area contributed by atoms with Crippen molar-refractivity contribution in [2.45, 2.75) is 26.9 Å². The Balaban J connectivity index is 2.47. The van der Waals surface area contributed by atoms with Crippen LogP contribution in [-0.2, 0) is 4.74 Å². The molecular weight excluding hydrogens is 222 g/mol. The Bertz CT molecular complexity index is 531. The first kappa shape index (κ1) is 11.1. The van der Waals surface area contributed by atoms with Gasteiger partial charge in [0.2, 0.25) is 0 Å². The molecule has 1 aromatic carbocycles. The second-order valence-electron chi connectivity index (χ2n) is 3.84. The number of aryl methyl sites for hydroxylation is 1. The summed E-state index contributed by atoms with van der Waals surface area (Å²) in [6.45, 7) is 5.62. The van der Waals surface area contributed by atoms with Crippen LogP contribution in [0.2, 0.25) is 0 Å². The van der Waals surface area contributed by atoms with Gasteiger partial charge in [0, 0.05) is 0 Å². The fourth-order valence-corrected chi connectivity index (χ4v) is 2.42. The highest BCUT2D eigenvalue weighted by molar-refractivity contribution is 7.18. The lowest BCUT2D eigenvalue weighted by Gasteiger charge is -2.07. The van der Waals surface area contributed by atoms with Gasteiger partial charge in [0.05, 0.1) is 26.9 Å². The normalized spacial score (nSPS) is 11.0. The molecule has 0 fully saturated rings. The molecule has 0 N–H and O–H groups in total. The van der Waals surface area contributed by atoms with E-state index in [2.05, 4.69) is 4.98 Å². The molecule has 0 spiro atoms. The Labute approximate surface area is 98.1 Å². The van der Waals surface area contributed by atoms with Gasteiger partial charge in [-0.1, -0.05) is 6.07 Å². The van der Waals surface area contributed by atoms with Crippen LogP contribution in [0.1, 0.15) is 29.2 Å². The van der Waals surface area contributed by atoms with E-state index in [0.717, 1.165) is 15.2 Å². The standard InChI is InChI=1S/C12H13NO2S/c1-7(2)15-12(14)9-5-4-6-10-11(9)16-8(3)13-10/h4-7H,1-3H3. The van der Waals surface area contributed by atoms with E-state index in [1.54, 1.807) is 6.07 Å². The Hall–Kier alpha value is -1.42. The van der Waals surface area contributed by atoms with Gasteiger partial charge in [0.25, 0.3) is 0 Å². The lowest BCUT2D eigenvalue weighted by Crippen LogP contribution is -2.11. The van der Waals surface area contributed by atoms with E-state index in [4.69, 9.17) is 4.74 Å². The van der Waals surface area contributed by atoms with Crippen molar-refractivity contribution in [3.63, 3.8) is 0 Å². The van der Waals surface area contributed by atoms with Crippen molar-refractivity contribution in [2.24, 2.45) is 0 Å². The molecule has 0 unspecified atom stereocenters. The molecule has 0 saturated heterocycles. The van der Waals surface area contributed by atoms with Gasteiger partial charge in [-0.3, -0.25) is 0 Å². The van der Waals surface area contributed by atoms with Gasteiger partial charge in [-0.2, -0.15) is 0 Å². The third-order valence-electron chi connectivity index (χ3n) is 2.08. The molecule has 84 valence electrons. The van der Waals surface area contributed by atoms with Crippen LogP contribution in [-0.4, -0.2) is 17.1 Å². The molecule has 0 aliphatic rings. The number of ether oxygens (including phenoxy) is 1. The summed E-state index contributed by atoms with van der Waals surface area (Å²) in [6.07, 6.45) is -0.100. The van der Waals surface area contributed by atoms with E-state index < -0.39 is 0 Å². The lowest BCUT2D eigenvalue weighted by atomic mass is 10.2. The zero-order chi connectivity index (χ0) is 11.7. The number of nitrogens with zero attached hydrogens (tertiary/aromatic N) is 1. The van der Waals surface area contributed by atoms with Gasteiger partial charge in [0.15, 0.2) is 0 Å². The molecule has 0 aliphatic heterocycles. The van der Waals surface area contributed by atoms with E-state index >= 15 is 0 Å². The summed E-state index contributed by atoms with van der Waals surface area (Å²) in [4.78, 5) is 16.2. The molecule has 1 heterocycles. The van der Waals surface area contributed by atoms with Crippen LogP contribution < -0.4 is 0 Å². The van der Waals surface area contributed by atoms with E-state index in [0.29, 0.717) is 5.56 Å². The molecular formula is C12H13NO2S. The number of aromatic nitrogens is 1. The zero-order valence-electron chi connectivity index (χ0n) is 9.48. The van der Waals surface area contributed by atoms with Crippen molar-refractivity contribution in [1.29, 1.82) is 0 Å². The highest BCUT2D eigenvalue weighted by Gasteiger charge is 2.14. The molecule has 0 amide bonds. The highest BCUT2D eigenvalue weighted by atomic mass is 32.1. The van der Waals surface area contributed by atoms with Crippen LogP contribution in [0.4, 0.5) is 0 Å². The topological polar surface area (TPSA) is 39.2 Å². The predicted molar refractivity (Wildman–Crippen MR) is 64.9 cm³/mol. The van der Waals surface area contributed by atoms with Crippen LogP contribution >= 0.6 is 11.3 Å². The second-order valence-corrected chi connectivity index (χ2v) is 5.04. The van der Waals surface area contributed by atoms with Crippen LogP contribution in [0.15, 0.2) is 18.2 Å². The largest absolute Gasteiger partial charge is 0.459 e. The number of rotatable bonds is 2. The first-order valence-electron chi connectivity index (χ1n) is 5.15. The maximum atomic E-state index is 11.8. The molecule has 0 saturated carbocycles. The van der Waals surface area contributed by atoms with Gasteiger partial charge in [-0.25, -0.2) is 9.78 Å². The second kappa shape index (κ2) is 4.22. The zero-order valence-corrected chi connectivity index (χ0v) is 10.3. The Morgan fingerprint density at radius 1 is 1.44 bits per heavy atom. The smallest absolute Gasteiger partial charge is 0.339 e. The van der Waals surface area contributed by atoms with Crippen molar-refractivity contribution in [1.82, 2.24) is 4.98 Å². The maximum absolute atomic E-state index is 11.8. The average Bonchev–Trinajstić information content (AvgIpc) is 2.55. The number of fused-ring (bicyclic) bond motifs is 1. The van der Waals surface area contributed by atoms with Gasteiger partial charge in [0.1, 0.15) is 0 Å². The van der Waals surface area contributed by atoms with Crippen LogP contribution in [0.25, 0.3) is 10.2 Å². The van der Waals surface area contributed by atoms with Gasteiger partial charge in [-0.05, 0) is 32.9 Å². The van der Waals surface area contributed by atoms with Crippen molar-refractivity contribution >= 4 is 27.5 Å². The summed E-state index contributed by atoms with van der Waals surface area (Å²) in [5, 5.41) is 0.958. The van der Waals surface area contributed by atoms with E-state index in [9.17, 15) is 4.79 Å². The molecule has 16 heavy (non-hydrogen) atoms. The number of carbonyl (C=O) groups is 1. The number of hydrogen-bond donors (Lipinski definition) is 0. The maximum Gasteiger partial charge on any atom is 0.339 e. The summed E-state index contributed by atoms with van der Waals surface area (Å²) in [7, 11) is 0. The molecule has 3 nitrogen and oxygen atoms in total. The Morgan fingerprint density at radius 3 is 2.88 bits per heavy atom. The fourth-order valence-electron chi connectivity index (χ4n) is 1.50. The molecule has 0 aliphatic carbocycles. The van der Waals surface area contributed by atoms with Crippen molar-refractivity contribution in [3.8, 4) is 0 Å². The summed E-state index contributed by atoms with van der Waals surface area (Å²) < 4.78 is 6.10. The fraction of sp³-hybridized carbons (Fsp3) is 0.333. The molecule has 0 radical (unpaired) electrons. The summed E-state index contributed by atoms with van der Waals surface area (Å²) in [5.41, 5.74) is 1.47. The Kier molecular flexibility index (Phi) is 2.92. The minimum absolute atomic E-state index is 0.100. The lowest BCUT2D eigenvalue weighted by molar-refractivity contribution is 0.0380. The van der Waals surface area contributed by atoms with Gasteiger partial charge >= 0.3 is 5.97 Å². The van der Waals surface area contributed by atoms with E-state index in [-0.39, 0.29) is 12.1 Å². The van der Waals surface area contributed by atoms with Gasteiger partial charge in [-0.15, -0.1) is 11.3 Å². The van der Waals surface area contributed by atoms with Crippen molar-refractivity contribution < 1.29 is 9.53 Å². The molecule has 4 heteroatoms. The first-order chi connectivity index (χ1) is 7.58. The van der Waals surface area contributed by atoms with Crippen LogP contribution in [0, 0.1) is 6.92 Å². The van der Waals surface area contributed by atoms with Crippen molar-refractivity contribution in [3.05, 3.63) is 28.8 Å². The minimum atomic E-state index is -0.274. The van der Waals surface area contributed by atoms with E-state index in [1.807, 2.05) is 32.9 Å². The van der Waals surface area contributed by atoms with Crippen LogP contribution in [0.5, 0.6) is 0 Å². The summed E-state index contributed by atoms with van der Waals surface area (Å²) >= 11 is 1.52. The number of esters is 1. The number of thiazole rings is 1. The molecule has 0 atom stereocenters. The predicted octanol–water partition coefficient (Wildman–Crippen LogP) is 3.17. The summed E-state index contributed by atoms with van der Waals surface area (Å²) in [6, 6.07) is 5.52. The Morgan fingerprint density at radius 2 is 2.19 bits per heavy atom. The summed E-state index contributed by atoms with van der Waals surface area (Å²) in [5.74, 6) is -0.274. The molecule has 2 rings (SSSR count). The quantitative estimate of drug-likeness (QED) is 0.750. The number of benzene rings is 1. The minimum Gasteiger partial charge on any atom is -0.459 e. The molecule has 0 bridgehead atoms. The van der Waals surface area contributed by atoms with E-state index in [1.165, 1.54) is 11.3 Å². The highest BCUT2D eigenvalue weighted by Crippen LogP contribution is 2.25. The van der Waals surface area contributed by atoms with Crippen molar-refractivity contribution in [2.75, 3.05) is 0 Å². The van der Waals surface area contributed by atoms with Gasteiger partial charge < -0.3 is 4.74 Å². The SMILES string of the molecule is Cc1nc2cccc(C(=O)OC(C)C)c2s1.